The summed E-state index contributed by atoms with van der Waals surface area (Å²) in [6, 6.07) is 44.2. The van der Waals surface area contributed by atoms with Crippen LogP contribution in [0.1, 0.15) is 55.5 Å². The molecule has 54 heavy (non-hydrogen) atoms. The number of thioether (sulfide) groups is 2. The van der Waals surface area contributed by atoms with Gasteiger partial charge in [-0.15, -0.1) is 34.9 Å². The van der Waals surface area contributed by atoms with E-state index in [0.717, 1.165) is 40.4 Å². The summed E-state index contributed by atoms with van der Waals surface area (Å²) < 4.78 is 7.67. The number of ether oxygens (including phenoxy) is 1. The van der Waals surface area contributed by atoms with Gasteiger partial charge in [0.2, 0.25) is 11.8 Å². The first kappa shape index (κ1) is 38.9. The van der Waals surface area contributed by atoms with Crippen molar-refractivity contribution in [2.24, 2.45) is 0 Å². The molecule has 1 atom stereocenters. The standard InChI is InChI=1S/C25H23NO2S.C21H23NOS2/c1-18(27)26-16-22-14-21-15-23(29-17-19-8-4-2-5-9-19)12-13-24(21)28-25(22)20-10-6-3-7-11-20;1-3-13-24-17-9-10-20-19(14-17)18(11-12-22-15(2)23)21(25-20)16-7-5-4-6-8-16/h2-15,25H,16-17H2,1H3,(H,26,27);4-10,14H,3,11-13H2,1-2H3,(H,22,23). The van der Waals surface area contributed by atoms with E-state index in [1.165, 1.54) is 54.8 Å². The van der Waals surface area contributed by atoms with Gasteiger partial charge in [0.05, 0.1) is 0 Å². The van der Waals surface area contributed by atoms with Gasteiger partial charge in [-0.25, -0.2) is 0 Å². The predicted molar refractivity (Wildman–Crippen MR) is 230 cm³/mol. The van der Waals surface area contributed by atoms with E-state index < -0.39 is 0 Å². The van der Waals surface area contributed by atoms with Gasteiger partial charge in [-0.3, -0.25) is 9.59 Å². The maximum atomic E-state index is 11.5. The van der Waals surface area contributed by atoms with Crippen molar-refractivity contribution < 1.29 is 14.3 Å². The first-order valence-electron chi connectivity index (χ1n) is 18.3. The summed E-state index contributed by atoms with van der Waals surface area (Å²) in [5, 5.41) is 7.18. The van der Waals surface area contributed by atoms with Crippen molar-refractivity contribution in [3.8, 4) is 16.2 Å². The van der Waals surface area contributed by atoms with Crippen LogP contribution < -0.4 is 15.4 Å². The zero-order chi connectivity index (χ0) is 37.7. The van der Waals surface area contributed by atoms with E-state index in [0.29, 0.717) is 13.1 Å². The molecule has 1 aliphatic rings. The molecule has 1 unspecified atom stereocenters. The van der Waals surface area contributed by atoms with Crippen molar-refractivity contribution in [2.45, 2.75) is 55.3 Å². The van der Waals surface area contributed by atoms with Gasteiger partial charge in [0.25, 0.3) is 0 Å². The van der Waals surface area contributed by atoms with Gasteiger partial charge in [0, 0.05) is 57.6 Å². The van der Waals surface area contributed by atoms with Crippen LogP contribution in [0.2, 0.25) is 0 Å². The van der Waals surface area contributed by atoms with E-state index in [4.69, 9.17) is 4.74 Å². The monoisotopic (exact) mass is 770 g/mol. The molecular formula is C46H46N2O3S3. The van der Waals surface area contributed by atoms with Crippen LogP contribution in [0.15, 0.2) is 143 Å². The Morgan fingerprint density at radius 2 is 1.43 bits per heavy atom. The minimum absolute atomic E-state index is 0.0278. The third-order valence-electron chi connectivity index (χ3n) is 8.82. The first-order chi connectivity index (χ1) is 26.4. The molecule has 8 heteroatoms. The summed E-state index contributed by atoms with van der Waals surface area (Å²) in [4.78, 5) is 26.6. The minimum atomic E-state index is -0.196. The van der Waals surface area contributed by atoms with Crippen LogP contribution in [0, 0.1) is 0 Å². The second-order valence-electron chi connectivity index (χ2n) is 13.0. The number of benzene rings is 5. The molecule has 0 radical (unpaired) electrons. The van der Waals surface area contributed by atoms with E-state index in [1.807, 2.05) is 71.3 Å². The molecule has 7 rings (SSSR count). The van der Waals surface area contributed by atoms with Crippen molar-refractivity contribution in [1.29, 1.82) is 0 Å². The smallest absolute Gasteiger partial charge is 0.217 e. The number of hydrogen-bond donors (Lipinski definition) is 2. The molecule has 2 heterocycles. The maximum Gasteiger partial charge on any atom is 0.217 e. The summed E-state index contributed by atoms with van der Waals surface area (Å²) in [5.74, 6) is 2.92. The molecule has 2 amide bonds. The number of hydrogen-bond acceptors (Lipinski definition) is 6. The summed E-state index contributed by atoms with van der Waals surface area (Å²) in [6.07, 6.45) is 3.99. The molecule has 0 spiro atoms. The van der Waals surface area contributed by atoms with Crippen LogP contribution in [-0.4, -0.2) is 30.7 Å². The van der Waals surface area contributed by atoms with Crippen molar-refractivity contribution in [2.75, 3.05) is 18.8 Å². The highest BCUT2D eigenvalue weighted by molar-refractivity contribution is 7.99. The molecule has 0 bridgehead atoms. The second-order valence-corrected chi connectivity index (χ2v) is 16.3. The highest BCUT2D eigenvalue weighted by Gasteiger charge is 2.25. The van der Waals surface area contributed by atoms with Crippen LogP contribution in [0.4, 0.5) is 0 Å². The fourth-order valence-corrected chi connectivity index (χ4v) is 9.15. The summed E-state index contributed by atoms with van der Waals surface area (Å²) in [7, 11) is 0. The molecule has 0 saturated heterocycles. The van der Waals surface area contributed by atoms with Crippen LogP contribution in [0.3, 0.4) is 0 Å². The van der Waals surface area contributed by atoms with Gasteiger partial charge in [0.15, 0.2) is 0 Å². The lowest BCUT2D eigenvalue weighted by atomic mass is 9.96. The molecule has 276 valence electrons. The summed E-state index contributed by atoms with van der Waals surface area (Å²) in [6.45, 7) is 6.46. The van der Waals surface area contributed by atoms with E-state index in [-0.39, 0.29) is 17.9 Å². The van der Waals surface area contributed by atoms with Gasteiger partial charge < -0.3 is 15.4 Å². The SMILES string of the molecule is CC(=O)NCC1=Cc2cc(SCc3ccccc3)ccc2OC1c1ccccc1.CCCSc1ccc2sc(-c3ccccc3)c(CCNC(C)=O)c2c1. The highest BCUT2D eigenvalue weighted by Crippen LogP contribution is 2.41. The van der Waals surface area contributed by atoms with Gasteiger partial charge in [-0.05, 0) is 94.3 Å². The normalized spacial score (nSPS) is 13.2. The zero-order valence-corrected chi connectivity index (χ0v) is 33.4. The lowest BCUT2D eigenvalue weighted by Crippen LogP contribution is -2.27. The van der Waals surface area contributed by atoms with E-state index in [9.17, 15) is 9.59 Å². The van der Waals surface area contributed by atoms with Gasteiger partial charge in [0.1, 0.15) is 11.9 Å². The molecule has 1 aliphatic heterocycles. The second kappa shape index (κ2) is 19.5. The Morgan fingerprint density at radius 3 is 2.13 bits per heavy atom. The largest absolute Gasteiger partial charge is 0.481 e. The molecular weight excluding hydrogens is 725 g/mol. The van der Waals surface area contributed by atoms with E-state index >= 15 is 0 Å². The fourth-order valence-electron chi connectivity index (χ4n) is 6.21. The summed E-state index contributed by atoms with van der Waals surface area (Å²) in [5.41, 5.74) is 7.08. The van der Waals surface area contributed by atoms with Gasteiger partial charge in [-0.1, -0.05) is 97.9 Å². The van der Waals surface area contributed by atoms with Crippen LogP contribution >= 0.6 is 34.9 Å². The Morgan fingerprint density at radius 1 is 0.759 bits per heavy atom. The van der Waals surface area contributed by atoms with Gasteiger partial charge in [-0.2, -0.15) is 0 Å². The van der Waals surface area contributed by atoms with Crippen LogP contribution in [0.25, 0.3) is 26.6 Å². The molecule has 0 fully saturated rings. The van der Waals surface area contributed by atoms with Crippen molar-refractivity contribution in [3.63, 3.8) is 0 Å². The lowest BCUT2D eigenvalue weighted by molar-refractivity contribution is -0.119. The molecule has 2 N–H and O–H groups in total. The highest BCUT2D eigenvalue weighted by atomic mass is 32.2. The Labute approximate surface area is 331 Å². The molecule has 6 aromatic rings. The Kier molecular flexibility index (Phi) is 14.1. The average Bonchev–Trinajstić information content (AvgIpc) is 3.56. The number of nitrogens with one attached hydrogen (secondary N) is 2. The fraction of sp³-hybridized carbons (Fsp3) is 0.217. The van der Waals surface area contributed by atoms with E-state index in [1.54, 1.807) is 6.92 Å². The Bertz CT molecular complexity index is 2180. The number of carbonyl (C=O) groups excluding carboxylic acids is 2. The zero-order valence-electron chi connectivity index (χ0n) is 31.0. The van der Waals surface area contributed by atoms with Crippen molar-refractivity contribution >= 4 is 62.8 Å². The third kappa shape index (κ3) is 10.7. The average molecular weight is 771 g/mol. The molecule has 0 aliphatic carbocycles. The quantitative estimate of drug-likeness (QED) is 0.115. The predicted octanol–water partition coefficient (Wildman–Crippen LogP) is 11.4. The third-order valence-corrected chi connectivity index (χ3v) is 12.3. The van der Waals surface area contributed by atoms with E-state index in [2.05, 4.69) is 115 Å². The van der Waals surface area contributed by atoms with Crippen LogP contribution in [0.5, 0.6) is 5.75 Å². The first-order valence-corrected chi connectivity index (χ1v) is 21.1. The molecule has 5 nitrogen and oxygen atoms in total. The molecule has 1 aromatic heterocycles. The topological polar surface area (TPSA) is 67.4 Å². The summed E-state index contributed by atoms with van der Waals surface area (Å²) >= 11 is 5.57. The number of carbonyl (C=O) groups is 2. The lowest BCUT2D eigenvalue weighted by Gasteiger charge is -2.28. The number of amides is 2. The number of fused-ring (bicyclic) bond motifs is 2. The maximum absolute atomic E-state index is 11.5. The minimum Gasteiger partial charge on any atom is -0.481 e. The van der Waals surface area contributed by atoms with Crippen LogP contribution in [-0.2, 0) is 21.8 Å². The Hall–Kier alpha value is -4.76. The Balaban J connectivity index is 0.000000186. The molecule has 0 saturated carbocycles. The van der Waals surface area contributed by atoms with Crippen molar-refractivity contribution in [1.82, 2.24) is 10.6 Å². The van der Waals surface area contributed by atoms with Crippen molar-refractivity contribution in [3.05, 3.63) is 155 Å². The molecule has 5 aromatic carbocycles. The van der Waals surface area contributed by atoms with Gasteiger partial charge >= 0.3 is 0 Å². The number of rotatable bonds is 13. The number of thiophene rings is 1.